The van der Waals surface area contributed by atoms with Gasteiger partial charge in [-0.05, 0) is 52.2 Å². The van der Waals surface area contributed by atoms with Crippen molar-refractivity contribution >= 4 is 27.3 Å². The van der Waals surface area contributed by atoms with E-state index < -0.39 is 0 Å². The Morgan fingerprint density at radius 1 is 1.11 bits per heavy atom. The quantitative estimate of drug-likeness (QED) is 0.929. The largest absolute Gasteiger partial charge is 0.343 e. The predicted molar refractivity (Wildman–Crippen MR) is 81.3 cm³/mol. The fourth-order valence-electron chi connectivity index (χ4n) is 2.02. The Hall–Kier alpha value is -1.32. The molecule has 0 bridgehead atoms. The SMILES string of the molecule is Cc1ccccc1N(C)c1ccc(CN)cc1Br. The standard InChI is InChI=1S/C15H17BrN2/c1-11-5-3-4-6-14(11)18(2)15-8-7-12(10-17)9-13(15)16/h3-9H,10,17H2,1-2H3. The predicted octanol–water partition coefficient (Wildman–Crippen LogP) is 3.98. The molecule has 2 aromatic carbocycles. The molecule has 2 N–H and O–H groups in total. The molecule has 2 aromatic rings. The van der Waals surface area contributed by atoms with Crippen molar-refractivity contribution in [2.45, 2.75) is 13.5 Å². The van der Waals surface area contributed by atoms with E-state index in [-0.39, 0.29) is 0 Å². The normalized spacial score (nSPS) is 10.4. The van der Waals surface area contributed by atoms with Gasteiger partial charge in [-0.15, -0.1) is 0 Å². The Morgan fingerprint density at radius 2 is 1.83 bits per heavy atom. The Morgan fingerprint density at radius 3 is 2.44 bits per heavy atom. The van der Waals surface area contributed by atoms with Crippen LogP contribution in [0.5, 0.6) is 0 Å². The van der Waals surface area contributed by atoms with Gasteiger partial charge in [-0.1, -0.05) is 24.3 Å². The molecule has 0 spiro atoms. The van der Waals surface area contributed by atoms with Gasteiger partial charge in [0.25, 0.3) is 0 Å². The number of aryl methyl sites for hydroxylation is 1. The van der Waals surface area contributed by atoms with Gasteiger partial charge >= 0.3 is 0 Å². The number of nitrogens with zero attached hydrogens (tertiary/aromatic N) is 1. The van der Waals surface area contributed by atoms with E-state index in [9.17, 15) is 0 Å². The van der Waals surface area contributed by atoms with Crippen molar-refractivity contribution in [3.05, 3.63) is 58.1 Å². The van der Waals surface area contributed by atoms with Crippen LogP contribution in [0.1, 0.15) is 11.1 Å². The zero-order valence-corrected chi connectivity index (χ0v) is 12.2. The summed E-state index contributed by atoms with van der Waals surface area (Å²) in [5.41, 5.74) is 10.4. The molecule has 0 fully saturated rings. The van der Waals surface area contributed by atoms with Gasteiger partial charge in [-0.2, -0.15) is 0 Å². The van der Waals surface area contributed by atoms with Crippen LogP contribution in [0.25, 0.3) is 0 Å². The molecule has 0 aliphatic heterocycles. The van der Waals surface area contributed by atoms with Crippen molar-refractivity contribution in [1.82, 2.24) is 0 Å². The van der Waals surface area contributed by atoms with Gasteiger partial charge in [-0.25, -0.2) is 0 Å². The average Bonchev–Trinajstić information content (AvgIpc) is 2.38. The van der Waals surface area contributed by atoms with E-state index >= 15 is 0 Å². The Kier molecular flexibility index (Phi) is 4.04. The molecule has 0 radical (unpaired) electrons. The number of hydrogen-bond donors (Lipinski definition) is 1. The molecular formula is C15H17BrN2. The van der Waals surface area contributed by atoms with E-state index in [1.807, 2.05) is 0 Å². The van der Waals surface area contributed by atoms with Crippen molar-refractivity contribution in [3.63, 3.8) is 0 Å². The van der Waals surface area contributed by atoms with E-state index in [2.05, 4.69) is 77.3 Å². The zero-order chi connectivity index (χ0) is 13.1. The lowest BCUT2D eigenvalue weighted by Crippen LogP contribution is -2.11. The minimum Gasteiger partial charge on any atom is -0.343 e. The third-order valence-electron chi connectivity index (χ3n) is 3.09. The fourth-order valence-corrected chi connectivity index (χ4v) is 2.71. The van der Waals surface area contributed by atoms with E-state index in [4.69, 9.17) is 5.73 Å². The van der Waals surface area contributed by atoms with Gasteiger partial charge < -0.3 is 10.6 Å². The first-order chi connectivity index (χ1) is 8.63. The molecule has 0 unspecified atom stereocenters. The van der Waals surface area contributed by atoms with Crippen LogP contribution in [-0.4, -0.2) is 7.05 Å². The van der Waals surface area contributed by atoms with Crippen LogP contribution in [0.15, 0.2) is 46.9 Å². The van der Waals surface area contributed by atoms with Crippen molar-refractivity contribution < 1.29 is 0 Å². The Balaban J connectivity index is 2.40. The first-order valence-electron chi connectivity index (χ1n) is 5.91. The molecule has 0 atom stereocenters. The van der Waals surface area contributed by atoms with Crippen molar-refractivity contribution in [3.8, 4) is 0 Å². The minimum atomic E-state index is 0.562. The monoisotopic (exact) mass is 304 g/mol. The summed E-state index contributed by atoms with van der Waals surface area (Å²) in [5, 5.41) is 0. The smallest absolute Gasteiger partial charge is 0.0552 e. The third kappa shape index (κ3) is 2.57. The van der Waals surface area contributed by atoms with Crippen LogP contribution < -0.4 is 10.6 Å². The minimum absolute atomic E-state index is 0.562. The molecule has 0 amide bonds. The maximum absolute atomic E-state index is 5.65. The van der Waals surface area contributed by atoms with Gasteiger partial charge in [0, 0.05) is 23.8 Å². The van der Waals surface area contributed by atoms with Crippen molar-refractivity contribution in [2.24, 2.45) is 5.73 Å². The summed E-state index contributed by atoms with van der Waals surface area (Å²) >= 11 is 3.61. The molecule has 94 valence electrons. The highest BCUT2D eigenvalue weighted by Gasteiger charge is 2.09. The maximum atomic E-state index is 5.65. The summed E-state index contributed by atoms with van der Waals surface area (Å²) in [6, 6.07) is 14.6. The summed E-state index contributed by atoms with van der Waals surface area (Å²) in [6.07, 6.45) is 0. The number of halogens is 1. The van der Waals surface area contributed by atoms with Crippen molar-refractivity contribution in [2.75, 3.05) is 11.9 Å². The lowest BCUT2D eigenvalue weighted by atomic mass is 10.1. The first kappa shape index (κ1) is 13.1. The van der Waals surface area contributed by atoms with Crippen LogP contribution in [0.3, 0.4) is 0 Å². The van der Waals surface area contributed by atoms with E-state index in [0.29, 0.717) is 6.54 Å². The molecular weight excluding hydrogens is 288 g/mol. The van der Waals surface area contributed by atoms with Gasteiger partial charge in [0.1, 0.15) is 0 Å². The molecule has 0 aliphatic rings. The van der Waals surface area contributed by atoms with E-state index in [1.54, 1.807) is 0 Å². The molecule has 2 rings (SSSR count). The second kappa shape index (κ2) is 5.55. The third-order valence-corrected chi connectivity index (χ3v) is 3.72. The number of hydrogen-bond acceptors (Lipinski definition) is 2. The zero-order valence-electron chi connectivity index (χ0n) is 10.7. The van der Waals surface area contributed by atoms with Gasteiger partial charge in [-0.3, -0.25) is 0 Å². The Labute approximate surface area is 117 Å². The van der Waals surface area contributed by atoms with Crippen molar-refractivity contribution in [1.29, 1.82) is 0 Å². The van der Waals surface area contributed by atoms with Crippen LogP contribution in [-0.2, 0) is 6.54 Å². The summed E-state index contributed by atoms with van der Waals surface area (Å²) in [4.78, 5) is 2.18. The summed E-state index contributed by atoms with van der Waals surface area (Å²) in [6.45, 7) is 2.68. The second-order valence-corrected chi connectivity index (χ2v) is 5.19. The lowest BCUT2D eigenvalue weighted by molar-refractivity contribution is 1.06. The van der Waals surface area contributed by atoms with E-state index in [1.165, 1.54) is 11.3 Å². The van der Waals surface area contributed by atoms with Crippen LogP contribution in [0.4, 0.5) is 11.4 Å². The summed E-state index contributed by atoms with van der Waals surface area (Å²) in [7, 11) is 2.07. The molecule has 0 heterocycles. The van der Waals surface area contributed by atoms with Crippen LogP contribution in [0.2, 0.25) is 0 Å². The number of anilines is 2. The van der Waals surface area contributed by atoms with Gasteiger partial charge in [0.15, 0.2) is 0 Å². The molecule has 2 nitrogen and oxygen atoms in total. The average molecular weight is 305 g/mol. The highest BCUT2D eigenvalue weighted by atomic mass is 79.9. The molecule has 3 heteroatoms. The molecule has 0 saturated carbocycles. The van der Waals surface area contributed by atoms with Gasteiger partial charge in [0.2, 0.25) is 0 Å². The summed E-state index contributed by atoms with van der Waals surface area (Å²) < 4.78 is 1.07. The Bertz CT molecular complexity index is 552. The number of para-hydroxylation sites is 1. The van der Waals surface area contributed by atoms with Gasteiger partial charge in [0.05, 0.1) is 5.69 Å². The highest BCUT2D eigenvalue weighted by Crippen LogP contribution is 2.32. The second-order valence-electron chi connectivity index (χ2n) is 4.34. The molecule has 0 aliphatic carbocycles. The maximum Gasteiger partial charge on any atom is 0.0552 e. The number of nitrogens with two attached hydrogens (primary N) is 1. The van der Waals surface area contributed by atoms with E-state index in [0.717, 1.165) is 15.7 Å². The fraction of sp³-hybridized carbons (Fsp3) is 0.200. The first-order valence-corrected chi connectivity index (χ1v) is 6.70. The topological polar surface area (TPSA) is 29.3 Å². The van der Waals surface area contributed by atoms with Crippen LogP contribution in [0, 0.1) is 6.92 Å². The summed E-state index contributed by atoms with van der Waals surface area (Å²) in [5.74, 6) is 0. The lowest BCUT2D eigenvalue weighted by Gasteiger charge is -2.23. The highest BCUT2D eigenvalue weighted by molar-refractivity contribution is 9.10. The number of rotatable bonds is 3. The molecule has 0 saturated heterocycles. The molecule has 0 aromatic heterocycles. The molecule has 18 heavy (non-hydrogen) atoms. The number of benzene rings is 2. The van der Waals surface area contributed by atoms with Crippen LogP contribution >= 0.6 is 15.9 Å².